The van der Waals surface area contributed by atoms with Crippen LogP contribution in [-0.2, 0) is 0 Å². The van der Waals surface area contributed by atoms with Crippen LogP contribution in [0.15, 0.2) is 126 Å². The molecule has 0 bridgehead atoms. The Kier molecular flexibility index (Phi) is 6.17. The maximum atomic E-state index is 6.04. The average molecular weight is 531 g/mol. The number of rotatable bonds is 5. The Bertz CT molecular complexity index is 2000. The minimum absolute atomic E-state index is 0.518. The van der Waals surface area contributed by atoms with E-state index in [1.165, 1.54) is 0 Å². The van der Waals surface area contributed by atoms with E-state index in [1.807, 2.05) is 72.8 Å². The van der Waals surface area contributed by atoms with Crippen molar-refractivity contribution >= 4 is 11.0 Å². The van der Waals surface area contributed by atoms with Gasteiger partial charge in [-0.1, -0.05) is 91.0 Å². The van der Waals surface area contributed by atoms with Crippen LogP contribution in [-0.4, -0.2) is 20.2 Å². The molecule has 0 unspecified atom stereocenters. The van der Waals surface area contributed by atoms with Gasteiger partial charge in [-0.2, -0.15) is 0 Å². The zero-order valence-electron chi connectivity index (χ0n) is 22.7. The molecule has 7 aromatic rings. The van der Waals surface area contributed by atoms with E-state index >= 15 is 0 Å². The first-order valence-corrected chi connectivity index (χ1v) is 13.6. The standard InChI is InChI=1S/C36H26N4O/c1-23-22-30(36-40-39-35(41-36)28-13-7-4-8-14-28)24(2)21-29(23)25-17-19-27(20-18-25)34-33(26-11-5-3-6-12-26)37-31-15-9-10-16-32(31)38-34/h3-22H,1-2H3. The first kappa shape index (κ1) is 24.6. The molecular weight excluding hydrogens is 504 g/mol. The molecule has 2 aromatic heterocycles. The summed E-state index contributed by atoms with van der Waals surface area (Å²) in [6.45, 7) is 4.19. The molecule has 5 aromatic carbocycles. The van der Waals surface area contributed by atoms with Gasteiger partial charge in [-0.15, -0.1) is 10.2 Å². The predicted molar refractivity (Wildman–Crippen MR) is 164 cm³/mol. The number of aromatic nitrogens is 4. The molecule has 0 amide bonds. The van der Waals surface area contributed by atoms with E-state index in [0.717, 1.165) is 66.9 Å². The zero-order chi connectivity index (χ0) is 27.8. The van der Waals surface area contributed by atoms with Crippen LogP contribution in [0.25, 0.3) is 67.6 Å². The van der Waals surface area contributed by atoms with Crippen LogP contribution in [0.5, 0.6) is 0 Å². The van der Waals surface area contributed by atoms with Crippen LogP contribution in [0, 0.1) is 13.8 Å². The fourth-order valence-electron chi connectivity index (χ4n) is 5.19. The van der Waals surface area contributed by atoms with E-state index in [0.29, 0.717) is 11.8 Å². The Labute approximate surface area is 238 Å². The highest BCUT2D eigenvalue weighted by Gasteiger charge is 2.16. The number of nitrogens with zero attached hydrogens (tertiary/aromatic N) is 4. The lowest BCUT2D eigenvalue weighted by atomic mass is 9.93. The second kappa shape index (κ2) is 10.3. The summed E-state index contributed by atoms with van der Waals surface area (Å²) in [5.41, 5.74) is 11.9. The third kappa shape index (κ3) is 4.68. The normalized spacial score (nSPS) is 11.2. The summed E-state index contributed by atoms with van der Waals surface area (Å²) in [6, 6.07) is 41.0. The molecule has 0 aliphatic carbocycles. The van der Waals surface area contributed by atoms with E-state index in [2.05, 4.69) is 72.6 Å². The molecule has 196 valence electrons. The van der Waals surface area contributed by atoms with Crippen molar-refractivity contribution in [3.05, 3.63) is 132 Å². The van der Waals surface area contributed by atoms with Crippen LogP contribution >= 0.6 is 0 Å². The van der Waals surface area contributed by atoms with E-state index in [1.54, 1.807) is 0 Å². The third-order valence-electron chi connectivity index (χ3n) is 7.33. The number of para-hydroxylation sites is 2. The van der Waals surface area contributed by atoms with Gasteiger partial charge in [0.1, 0.15) is 0 Å². The van der Waals surface area contributed by atoms with Gasteiger partial charge in [0, 0.05) is 22.3 Å². The van der Waals surface area contributed by atoms with Gasteiger partial charge in [0.25, 0.3) is 0 Å². The molecule has 0 radical (unpaired) electrons. The maximum Gasteiger partial charge on any atom is 0.248 e. The van der Waals surface area contributed by atoms with Gasteiger partial charge in [0.2, 0.25) is 11.8 Å². The SMILES string of the molecule is Cc1cc(-c2nnc(-c3ccccc3)o2)c(C)cc1-c1ccc(-c2nc3ccccc3nc2-c2ccccc2)cc1. The van der Waals surface area contributed by atoms with Gasteiger partial charge in [0.05, 0.1) is 22.4 Å². The Morgan fingerprint density at radius 1 is 0.439 bits per heavy atom. The summed E-state index contributed by atoms with van der Waals surface area (Å²) in [7, 11) is 0. The van der Waals surface area contributed by atoms with Crippen LogP contribution in [0.1, 0.15) is 11.1 Å². The molecule has 0 aliphatic rings. The van der Waals surface area contributed by atoms with Crippen LogP contribution in [0.3, 0.4) is 0 Å². The lowest BCUT2D eigenvalue weighted by molar-refractivity contribution is 0.584. The summed E-state index contributed by atoms with van der Waals surface area (Å²) >= 11 is 0. The number of hydrogen-bond acceptors (Lipinski definition) is 5. The molecule has 2 heterocycles. The molecule has 0 N–H and O–H groups in total. The second-order valence-electron chi connectivity index (χ2n) is 10.1. The van der Waals surface area contributed by atoms with E-state index in [9.17, 15) is 0 Å². The largest absolute Gasteiger partial charge is 0.416 e. The lowest BCUT2D eigenvalue weighted by Gasteiger charge is -2.13. The first-order valence-electron chi connectivity index (χ1n) is 13.6. The molecule has 0 spiro atoms. The van der Waals surface area contributed by atoms with Crippen molar-refractivity contribution in [1.82, 2.24) is 20.2 Å². The monoisotopic (exact) mass is 530 g/mol. The molecule has 0 saturated heterocycles. The van der Waals surface area contributed by atoms with Crippen molar-refractivity contribution in [2.24, 2.45) is 0 Å². The first-order chi connectivity index (χ1) is 20.1. The van der Waals surface area contributed by atoms with Gasteiger partial charge in [0.15, 0.2) is 0 Å². The van der Waals surface area contributed by atoms with Crippen molar-refractivity contribution in [2.75, 3.05) is 0 Å². The summed E-state index contributed by atoms with van der Waals surface area (Å²) < 4.78 is 6.04. The smallest absolute Gasteiger partial charge is 0.248 e. The summed E-state index contributed by atoms with van der Waals surface area (Å²) in [5.74, 6) is 1.04. The van der Waals surface area contributed by atoms with Gasteiger partial charge in [-0.05, 0) is 66.4 Å². The molecule has 0 atom stereocenters. The van der Waals surface area contributed by atoms with Crippen molar-refractivity contribution in [3.8, 4) is 56.6 Å². The van der Waals surface area contributed by atoms with Crippen LogP contribution in [0.2, 0.25) is 0 Å². The third-order valence-corrected chi connectivity index (χ3v) is 7.33. The number of hydrogen-bond donors (Lipinski definition) is 0. The Morgan fingerprint density at radius 2 is 0.902 bits per heavy atom. The van der Waals surface area contributed by atoms with Gasteiger partial charge < -0.3 is 4.42 Å². The van der Waals surface area contributed by atoms with Crippen LogP contribution in [0.4, 0.5) is 0 Å². The minimum Gasteiger partial charge on any atom is -0.416 e. The zero-order valence-corrected chi connectivity index (χ0v) is 22.7. The van der Waals surface area contributed by atoms with Gasteiger partial charge >= 0.3 is 0 Å². The predicted octanol–water partition coefficient (Wildman–Crippen LogP) is 8.96. The summed E-state index contributed by atoms with van der Waals surface area (Å²) in [6.07, 6.45) is 0. The Morgan fingerprint density at radius 3 is 1.54 bits per heavy atom. The van der Waals surface area contributed by atoms with Crippen molar-refractivity contribution in [3.63, 3.8) is 0 Å². The van der Waals surface area contributed by atoms with Crippen molar-refractivity contribution in [2.45, 2.75) is 13.8 Å². The molecule has 0 saturated carbocycles. The summed E-state index contributed by atoms with van der Waals surface area (Å²) in [5, 5.41) is 8.61. The Hall–Kier alpha value is -5.42. The highest BCUT2D eigenvalue weighted by Crippen LogP contribution is 2.35. The number of aryl methyl sites for hydroxylation is 2. The van der Waals surface area contributed by atoms with Gasteiger partial charge in [-0.3, -0.25) is 0 Å². The molecule has 0 aliphatic heterocycles. The fourth-order valence-corrected chi connectivity index (χ4v) is 5.19. The number of benzene rings is 5. The average Bonchev–Trinajstić information content (AvgIpc) is 3.53. The molecule has 5 nitrogen and oxygen atoms in total. The second-order valence-corrected chi connectivity index (χ2v) is 10.1. The van der Waals surface area contributed by atoms with Gasteiger partial charge in [-0.25, -0.2) is 9.97 Å². The topological polar surface area (TPSA) is 64.7 Å². The van der Waals surface area contributed by atoms with Crippen molar-refractivity contribution in [1.29, 1.82) is 0 Å². The highest BCUT2D eigenvalue weighted by molar-refractivity contribution is 5.87. The lowest BCUT2D eigenvalue weighted by Crippen LogP contribution is -1.95. The quantitative estimate of drug-likeness (QED) is 0.222. The molecule has 41 heavy (non-hydrogen) atoms. The van der Waals surface area contributed by atoms with E-state index in [-0.39, 0.29) is 0 Å². The highest BCUT2D eigenvalue weighted by atomic mass is 16.4. The molecule has 7 rings (SSSR count). The van der Waals surface area contributed by atoms with Crippen molar-refractivity contribution < 1.29 is 4.42 Å². The van der Waals surface area contributed by atoms with E-state index in [4.69, 9.17) is 14.4 Å². The molecule has 5 heteroatoms. The number of fused-ring (bicyclic) bond motifs is 1. The maximum absolute atomic E-state index is 6.04. The fraction of sp³-hybridized carbons (Fsp3) is 0.0556. The van der Waals surface area contributed by atoms with E-state index < -0.39 is 0 Å². The molecule has 0 fully saturated rings. The van der Waals surface area contributed by atoms with Crippen LogP contribution < -0.4 is 0 Å². The molecular formula is C36H26N4O. The summed E-state index contributed by atoms with van der Waals surface area (Å²) in [4.78, 5) is 10.0. The minimum atomic E-state index is 0.518. The Balaban J connectivity index is 1.24.